The average molecular weight is 248 g/mol. The van der Waals surface area contributed by atoms with E-state index in [9.17, 15) is 9.18 Å². The number of ether oxygens (including phenoxy) is 1. The molecule has 0 fully saturated rings. The Morgan fingerprint density at radius 3 is 2.78 bits per heavy atom. The summed E-state index contributed by atoms with van der Waals surface area (Å²) in [6.07, 6.45) is 4.58. The number of hydrogen-bond acceptors (Lipinski definition) is 2. The zero-order valence-electron chi connectivity index (χ0n) is 10.7. The lowest BCUT2D eigenvalue weighted by atomic mass is 9.87. The van der Waals surface area contributed by atoms with Gasteiger partial charge in [0.05, 0.1) is 12.7 Å². The largest absolute Gasteiger partial charge is 0.497 e. The van der Waals surface area contributed by atoms with Gasteiger partial charge in [0.2, 0.25) is 0 Å². The maximum atomic E-state index is 13.8. The summed E-state index contributed by atoms with van der Waals surface area (Å²) in [5, 5.41) is 0. The number of ketones is 1. The Bertz CT molecular complexity index is 491. The maximum absolute atomic E-state index is 13.8. The monoisotopic (exact) mass is 248 g/mol. The highest BCUT2D eigenvalue weighted by atomic mass is 19.1. The van der Waals surface area contributed by atoms with Crippen molar-refractivity contribution in [3.8, 4) is 5.75 Å². The topological polar surface area (TPSA) is 26.3 Å². The highest BCUT2D eigenvalue weighted by molar-refractivity contribution is 6.09. The normalized spacial score (nSPS) is 19.3. The van der Waals surface area contributed by atoms with Crippen molar-refractivity contribution < 1.29 is 13.9 Å². The lowest BCUT2D eigenvalue weighted by molar-refractivity contribution is 0.102. The number of methoxy groups -OCH3 is 1. The molecule has 0 heterocycles. The van der Waals surface area contributed by atoms with Gasteiger partial charge in [0, 0.05) is 6.07 Å². The summed E-state index contributed by atoms with van der Waals surface area (Å²) >= 11 is 0. The Balaban J connectivity index is 2.24. The van der Waals surface area contributed by atoms with E-state index in [4.69, 9.17) is 4.74 Å². The fourth-order valence-corrected chi connectivity index (χ4v) is 2.15. The molecule has 1 aliphatic carbocycles. The lowest BCUT2D eigenvalue weighted by Gasteiger charge is -2.17. The van der Waals surface area contributed by atoms with Gasteiger partial charge in [-0.2, -0.15) is 0 Å². The van der Waals surface area contributed by atoms with Crippen LogP contribution in [0.4, 0.5) is 4.39 Å². The minimum atomic E-state index is -0.515. The van der Waals surface area contributed by atoms with Crippen molar-refractivity contribution in [3.63, 3.8) is 0 Å². The molecule has 1 unspecified atom stereocenters. The SMILES string of the molecule is COc1ccc(C(=O)C2=CCC(C)CC2)c(F)c1. The van der Waals surface area contributed by atoms with Crippen molar-refractivity contribution in [2.24, 2.45) is 5.92 Å². The molecule has 0 radical (unpaired) electrons. The van der Waals surface area contributed by atoms with Gasteiger partial charge in [-0.1, -0.05) is 13.0 Å². The minimum Gasteiger partial charge on any atom is -0.497 e. The smallest absolute Gasteiger partial charge is 0.191 e. The molecule has 0 saturated carbocycles. The molecule has 96 valence electrons. The van der Waals surface area contributed by atoms with E-state index in [0.29, 0.717) is 11.7 Å². The van der Waals surface area contributed by atoms with Gasteiger partial charge >= 0.3 is 0 Å². The predicted octanol–water partition coefficient (Wildman–Crippen LogP) is 3.76. The van der Waals surface area contributed by atoms with Crippen LogP contribution in [0, 0.1) is 11.7 Å². The first kappa shape index (κ1) is 12.8. The summed E-state index contributed by atoms with van der Waals surface area (Å²) in [5.41, 5.74) is 0.869. The first-order valence-corrected chi connectivity index (χ1v) is 6.19. The lowest BCUT2D eigenvalue weighted by Crippen LogP contribution is -2.11. The van der Waals surface area contributed by atoms with Gasteiger partial charge in [-0.05, 0) is 42.9 Å². The third-order valence-corrected chi connectivity index (χ3v) is 3.39. The Hall–Kier alpha value is -1.64. The quantitative estimate of drug-likeness (QED) is 0.761. The molecule has 0 aromatic heterocycles. The van der Waals surface area contributed by atoms with E-state index >= 15 is 0 Å². The summed E-state index contributed by atoms with van der Waals surface area (Å²) in [6.45, 7) is 2.16. The van der Waals surface area contributed by atoms with E-state index in [0.717, 1.165) is 24.8 Å². The second-order valence-electron chi connectivity index (χ2n) is 4.78. The Kier molecular flexibility index (Phi) is 3.80. The second kappa shape index (κ2) is 5.34. The Morgan fingerprint density at radius 1 is 1.44 bits per heavy atom. The predicted molar refractivity (Wildman–Crippen MR) is 68.4 cm³/mol. The Labute approximate surface area is 106 Å². The van der Waals surface area contributed by atoms with Crippen molar-refractivity contribution in [3.05, 3.63) is 41.2 Å². The standard InChI is InChI=1S/C15H17FO2/c1-10-3-5-11(6-4-10)15(17)13-8-7-12(18-2)9-14(13)16/h5,7-10H,3-4,6H2,1-2H3. The van der Waals surface area contributed by atoms with Crippen LogP contribution in [-0.2, 0) is 0 Å². The van der Waals surface area contributed by atoms with Crippen LogP contribution in [-0.4, -0.2) is 12.9 Å². The van der Waals surface area contributed by atoms with E-state index in [1.54, 1.807) is 6.07 Å². The minimum absolute atomic E-state index is 0.136. The van der Waals surface area contributed by atoms with Gasteiger partial charge in [0.15, 0.2) is 5.78 Å². The average Bonchev–Trinajstić information content (AvgIpc) is 2.38. The summed E-state index contributed by atoms with van der Waals surface area (Å²) < 4.78 is 18.7. The van der Waals surface area contributed by atoms with Crippen LogP contribution in [0.15, 0.2) is 29.8 Å². The van der Waals surface area contributed by atoms with Gasteiger partial charge < -0.3 is 4.74 Å². The summed E-state index contributed by atoms with van der Waals surface area (Å²) in [7, 11) is 1.47. The molecular formula is C15H17FO2. The van der Waals surface area contributed by atoms with Crippen molar-refractivity contribution >= 4 is 5.78 Å². The highest BCUT2D eigenvalue weighted by Crippen LogP contribution is 2.27. The number of Topliss-reactive ketones (excluding diaryl/α,β-unsaturated/α-hetero) is 1. The molecule has 0 aliphatic heterocycles. The molecule has 1 atom stereocenters. The third-order valence-electron chi connectivity index (χ3n) is 3.39. The molecule has 1 aromatic rings. The van der Waals surface area contributed by atoms with Gasteiger partial charge in [-0.3, -0.25) is 4.79 Å². The molecule has 1 aromatic carbocycles. The molecular weight excluding hydrogens is 231 g/mol. The number of halogens is 1. The van der Waals surface area contributed by atoms with Crippen molar-refractivity contribution in [2.45, 2.75) is 26.2 Å². The first-order valence-electron chi connectivity index (χ1n) is 6.19. The zero-order valence-corrected chi connectivity index (χ0v) is 10.7. The molecule has 0 saturated heterocycles. The molecule has 0 spiro atoms. The van der Waals surface area contributed by atoms with Crippen LogP contribution in [0.3, 0.4) is 0 Å². The number of benzene rings is 1. The molecule has 0 bridgehead atoms. The van der Waals surface area contributed by atoms with E-state index in [1.165, 1.54) is 19.2 Å². The fourth-order valence-electron chi connectivity index (χ4n) is 2.15. The first-order chi connectivity index (χ1) is 8.61. The number of allylic oxidation sites excluding steroid dienone is 2. The molecule has 0 amide bonds. The maximum Gasteiger partial charge on any atom is 0.191 e. The van der Waals surface area contributed by atoms with E-state index < -0.39 is 5.82 Å². The highest BCUT2D eigenvalue weighted by Gasteiger charge is 2.20. The van der Waals surface area contributed by atoms with E-state index in [1.807, 2.05) is 6.08 Å². The molecule has 1 aliphatic rings. The molecule has 18 heavy (non-hydrogen) atoms. The summed E-state index contributed by atoms with van der Waals surface area (Å²) in [4.78, 5) is 12.2. The van der Waals surface area contributed by atoms with Crippen LogP contribution in [0.1, 0.15) is 36.5 Å². The van der Waals surface area contributed by atoms with Gasteiger partial charge in [-0.25, -0.2) is 4.39 Å². The molecule has 3 heteroatoms. The van der Waals surface area contributed by atoms with Crippen molar-refractivity contribution in [1.29, 1.82) is 0 Å². The number of rotatable bonds is 3. The van der Waals surface area contributed by atoms with Gasteiger partial charge in [-0.15, -0.1) is 0 Å². The fraction of sp³-hybridized carbons (Fsp3) is 0.400. The van der Waals surface area contributed by atoms with E-state index in [-0.39, 0.29) is 11.3 Å². The van der Waals surface area contributed by atoms with Crippen LogP contribution in [0.5, 0.6) is 5.75 Å². The summed E-state index contributed by atoms with van der Waals surface area (Å²) in [5.74, 6) is 0.332. The van der Waals surface area contributed by atoms with Crippen LogP contribution in [0.25, 0.3) is 0 Å². The van der Waals surface area contributed by atoms with Crippen LogP contribution in [0.2, 0.25) is 0 Å². The van der Waals surface area contributed by atoms with Gasteiger partial charge in [0.1, 0.15) is 11.6 Å². The molecule has 2 rings (SSSR count). The molecule has 2 nitrogen and oxygen atoms in total. The van der Waals surface area contributed by atoms with E-state index in [2.05, 4.69) is 6.92 Å². The van der Waals surface area contributed by atoms with Gasteiger partial charge in [0.25, 0.3) is 0 Å². The zero-order chi connectivity index (χ0) is 13.1. The molecule has 0 N–H and O–H groups in total. The Morgan fingerprint density at radius 2 is 2.22 bits per heavy atom. The number of carbonyl (C=O) groups excluding carboxylic acids is 1. The van der Waals surface area contributed by atoms with Crippen molar-refractivity contribution in [2.75, 3.05) is 7.11 Å². The second-order valence-corrected chi connectivity index (χ2v) is 4.78. The van der Waals surface area contributed by atoms with Crippen LogP contribution >= 0.6 is 0 Å². The number of hydrogen-bond donors (Lipinski definition) is 0. The van der Waals surface area contributed by atoms with Crippen LogP contribution < -0.4 is 4.74 Å². The number of carbonyl (C=O) groups is 1. The third kappa shape index (κ3) is 2.61. The summed E-state index contributed by atoms with van der Waals surface area (Å²) in [6, 6.07) is 4.36. The van der Waals surface area contributed by atoms with Crippen molar-refractivity contribution in [1.82, 2.24) is 0 Å².